The first-order valence-electron chi connectivity index (χ1n) is 3.60. The number of rotatable bonds is 4. The third-order valence-electron chi connectivity index (χ3n) is 1.20. The van der Waals surface area contributed by atoms with Crippen LogP contribution >= 0.6 is 0 Å². The summed E-state index contributed by atoms with van der Waals surface area (Å²) in [5, 5.41) is 0. The Labute approximate surface area is 70.8 Å². The van der Waals surface area contributed by atoms with Crippen LogP contribution in [-0.4, -0.2) is 31.7 Å². The molecule has 0 aromatic heterocycles. The number of carbonyl (C=O) groups is 2. The van der Waals surface area contributed by atoms with E-state index in [1.54, 1.807) is 6.92 Å². The molecule has 0 bridgehead atoms. The second-order valence-electron chi connectivity index (χ2n) is 2.14. The van der Waals surface area contributed by atoms with E-state index in [2.05, 4.69) is 9.47 Å². The van der Waals surface area contributed by atoms with Crippen LogP contribution in [0.25, 0.3) is 0 Å². The van der Waals surface area contributed by atoms with Gasteiger partial charge in [-0.1, -0.05) is 0 Å². The molecule has 2 N–H and O–H groups in total. The molecule has 0 aromatic rings. The Morgan fingerprint density at radius 1 is 1.50 bits per heavy atom. The predicted molar refractivity (Wildman–Crippen MR) is 41.2 cm³/mol. The molecule has 0 unspecified atom stereocenters. The predicted octanol–water partition coefficient (Wildman–Crippen LogP) is -0.560. The fourth-order valence-corrected chi connectivity index (χ4v) is 0.634. The van der Waals surface area contributed by atoms with Gasteiger partial charge in [0, 0.05) is 0 Å². The van der Waals surface area contributed by atoms with E-state index in [-0.39, 0.29) is 13.0 Å². The van der Waals surface area contributed by atoms with E-state index in [0.29, 0.717) is 0 Å². The van der Waals surface area contributed by atoms with Gasteiger partial charge < -0.3 is 15.2 Å². The Bertz CT molecular complexity index is 169. The number of hydrogen-bond acceptors (Lipinski definition) is 5. The molecule has 0 rings (SSSR count). The second-order valence-corrected chi connectivity index (χ2v) is 2.14. The maximum absolute atomic E-state index is 10.8. The van der Waals surface area contributed by atoms with Crippen molar-refractivity contribution in [1.29, 1.82) is 0 Å². The number of nitrogens with two attached hydrogens (primary N) is 1. The number of methoxy groups -OCH3 is 1. The lowest BCUT2D eigenvalue weighted by molar-refractivity contribution is -0.149. The minimum Gasteiger partial charge on any atom is -0.468 e. The summed E-state index contributed by atoms with van der Waals surface area (Å²) in [6, 6.07) is -0.922. The van der Waals surface area contributed by atoms with E-state index in [9.17, 15) is 9.59 Å². The van der Waals surface area contributed by atoms with E-state index >= 15 is 0 Å². The van der Waals surface area contributed by atoms with Gasteiger partial charge in [-0.05, 0) is 6.92 Å². The smallest absolute Gasteiger partial charge is 0.323 e. The van der Waals surface area contributed by atoms with Gasteiger partial charge in [0.05, 0.1) is 20.1 Å². The van der Waals surface area contributed by atoms with Crippen LogP contribution in [0.2, 0.25) is 0 Å². The van der Waals surface area contributed by atoms with Crippen LogP contribution in [0.15, 0.2) is 0 Å². The van der Waals surface area contributed by atoms with Gasteiger partial charge in [0.1, 0.15) is 6.04 Å². The van der Waals surface area contributed by atoms with Gasteiger partial charge in [-0.15, -0.1) is 0 Å². The van der Waals surface area contributed by atoms with Crippen LogP contribution < -0.4 is 5.73 Å². The zero-order chi connectivity index (χ0) is 9.56. The summed E-state index contributed by atoms with van der Waals surface area (Å²) in [5.41, 5.74) is 5.28. The van der Waals surface area contributed by atoms with Crippen LogP contribution in [-0.2, 0) is 19.1 Å². The van der Waals surface area contributed by atoms with Gasteiger partial charge in [0.2, 0.25) is 0 Å². The van der Waals surface area contributed by atoms with Crippen LogP contribution in [0.4, 0.5) is 0 Å². The molecule has 1 atom stereocenters. The highest BCUT2D eigenvalue weighted by atomic mass is 16.5. The Kier molecular flexibility index (Phi) is 5.03. The molecule has 0 spiro atoms. The molecule has 0 aromatic carbocycles. The van der Waals surface area contributed by atoms with Crippen molar-refractivity contribution in [3.05, 3.63) is 0 Å². The lowest BCUT2D eigenvalue weighted by Crippen LogP contribution is -2.34. The molecule has 0 fully saturated rings. The molecule has 0 aliphatic carbocycles. The van der Waals surface area contributed by atoms with Gasteiger partial charge in [0.15, 0.2) is 0 Å². The van der Waals surface area contributed by atoms with Crippen LogP contribution in [0.5, 0.6) is 0 Å². The average Bonchev–Trinajstić information content (AvgIpc) is 2.03. The minimum atomic E-state index is -0.922. The molecular weight excluding hydrogens is 162 g/mol. The first-order valence-corrected chi connectivity index (χ1v) is 3.60. The molecule has 0 heterocycles. The van der Waals surface area contributed by atoms with Crippen molar-refractivity contribution < 1.29 is 19.1 Å². The summed E-state index contributed by atoms with van der Waals surface area (Å²) >= 11 is 0. The number of esters is 2. The SMILES string of the molecule is CCOC(=O)C[C@H](N)C(=O)OC. The van der Waals surface area contributed by atoms with Crippen molar-refractivity contribution in [3.8, 4) is 0 Å². The first kappa shape index (κ1) is 10.9. The topological polar surface area (TPSA) is 78.6 Å². The Balaban J connectivity index is 3.75. The van der Waals surface area contributed by atoms with E-state index in [1.165, 1.54) is 7.11 Å². The molecule has 0 saturated heterocycles. The lowest BCUT2D eigenvalue weighted by Gasteiger charge is -2.07. The van der Waals surface area contributed by atoms with Crippen molar-refractivity contribution in [1.82, 2.24) is 0 Å². The summed E-state index contributed by atoms with van der Waals surface area (Å²) in [6.45, 7) is 1.97. The maximum Gasteiger partial charge on any atom is 0.323 e. The molecule has 0 amide bonds. The minimum absolute atomic E-state index is 0.138. The largest absolute Gasteiger partial charge is 0.468 e. The second kappa shape index (κ2) is 5.54. The van der Waals surface area contributed by atoms with E-state index in [4.69, 9.17) is 5.73 Å². The molecule has 0 aliphatic rings. The Morgan fingerprint density at radius 3 is 2.50 bits per heavy atom. The van der Waals surface area contributed by atoms with Crippen molar-refractivity contribution in [2.24, 2.45) is 5.73 Å². The molecule has 0 saturated carbocycles. The molecule has 70 valence electrons. The first-order chi connectivity index (χ1) is 5.61. The summed E-state index contributed by atoms with van der Waals surface area (Å²) in [5.74, 6) is -1.10. The quantitative estimate of drug-likeness (QED) is 0.579. The van der Waals surface area contributed by atoms with Crippen molar-refractivity contribution in [3.63, 3.8) is 0 Å². The highest BCUT2D eigenvalue weighted by molar-refractivity contribution is 5.82. The summed E-state index contributed by atoms with van der Waals surface area (Å²) < 4.78 is 8.90. The number of ether oxygens (including phenoxy) is 2. The highest BCUT2D eigenvalue weighted by Gasteiger charge is 2.18. The monoisotopic (exact) mass is 175 g/mol. The third kappa shape index (κ3) is 3.92. The highest BCUT2D eigenvalue weighted by Crippen LogP contribution is 1.93. The van der Waals surface area contributed by atoms with E-state index < -0.39 is 18.0 Å². The molecule has 5 nitrogen and oxygen atoms in total. The summed E-state index contributed by atoms with van der Waals surface area (Å²) in [7, 11) is 1.22. The van der Waals surface area contributed by atoms with Crippen LogP contribution in [0.1, 0.15) is 13.3 Å². The average molecular weight is 175 g/mol. The molecule has 12 heavy (non-hydrogen) atoms. The third-order valence-corrected chi connectivity index (χ3v) is 1.20. The van der Waals surface area contributed by atoms with Gasteiger partial charge in [-0.3, -0.25) is 9.59 Å². The molecular formula is C7H13NO4. The molecule has 0 radical (unpaired) electrons. The molecule has 5 heteroatoms. The zero-order valence-electron chi connectivity index (χ0n) is 7.20. The lowest BCUT2D eigenvalue weighted by atomic mass is 10.2. The van der Waals surface area contributed by atoms with Gasteiger partial charge in [-0.25, -0.2) is 0 Å². The van der Waals surface area contributed by atoms with E-state index in [0.717, 1.165) is 0 Å². The molecule has 0 aliphatic heterocycles. The maximum atomic E-state index is 10.8. The van der Waals surface area contributed by atoms with Crippen molar-refractivity contribution in [2.45, 2.75) is 19.4 Å². The van der Waals surface area contributed by atoms with Crippen LogP contribution in [0.3, 0.4) is 0 Å². The van der Waals surface area contributed by atoms with E-state index in [1.807, 2.05) is 0 Å². The summed E-state index contributed by atoms with van der Waals surface area (Å²) in [4.78, 5) is 21.5. The van der Waals surface area contributed by atoms with Crippen molar-refractivity contribution in [2.75, 3.05) is 13.7 Å². The summed E-state index contributed by atoms with van der Waals surface area (Å²) in [6.07, 6.45) is -0.138. The van der Waals surface area contributed by atoms with Crippen LogP contribution in [0, 0.1) is 0 Å². The zero-order valence-corrected chi connectivity index (χ0v) is 7.20. The fourth-order valence-electron chi connectivity index (χ4n) is 0.634. The number of carbonyl (C=O) groups excluding carboxylic acids is 2. The standard InChI is InChI=1S/C7H13NO4/c1-3-12-6(9)4-5(8)7(10)11-2/h5H,3-4,8H2,1-2H3/t5-/m0/s1. The number of hydrogen-bond donors (Lipinski definition) is 1. The van der Waals surface area contributed by atoms with Crippen molar-refractivity contribution >= 4 is 11.9 Å². The van der Waals surface area contributed by atoms with Gasteiger partial charge in [0.25, 0.3) is 0 Å². The Hall–Kier alpha value is -1.10. The normalized spacial score (nSPS) is 11.9. The van der Waals surface area contributed by atoms with Gasteiger partial charge >= 0.3 is 11.9 Å². The Morgan fingerprint density at radius 2 is 2.08 bits per heavy atom. The van der Waals surface area contributed by atoms with Gasteiger partial charge in [-0.2, -0.15) is 0 Å². The fraction of sp³-hybridized carbons (Fsp3) is 0.714.